The lowest BCUT2D eigenvalue weighted by atomic mass is 10.2. The fourth-order valence-corrected chi connectivity index (χ4v) is 1.25. The normalized spacial score (nSPS) is 23.9. The maximum Gasteiger partial charge on any atom is 0.239 e. The number of amides is 1. The highest BCUT2D eigenvalue weighted by Gasteiger charge is 2.25. The molecule has 4 nitrogen and oxygen atoms in total. The van der Waals surface area contributed by atoms with Gasteiger partial charge < -0.3 is 10.1 Å². The average Bonchev–Trinajstić information content (AvgIpc) is 2.15. The molecule has 1 aliphatic heterocycles. The summed E-state index contributed by atoms with van der Waals surface area (Å²) in [4.78, 5) is 13.5. The van der Waals surface area contributed by atoms with Gasteiger partial charge in [0.15, 0.2) is 0 Å². The molecule has 0 aliphatic carbocycles. The molecule has 0 aromatic carbocycles. The van der Waals surface area contributed by atoms with Gasteiger partial charge in [0.2, 0.25) is 5.91 Å². The van der Waals surface area contributed by atoms with E-state index in [1.54, 1.807) is 6.08 Å². The molecule has 1 rings (SSSR count). The maximum atomic E-state index is 11.5. The van der Waals surface area contributed by atoms with Crippen LogP contribution in [0, 0.1) is 0 Å². The predicted octanol–water partition coefficient (Wildman–Crippen LogP) is -0.381. The molecule has 1 fully saturated rings. The zero-order chi connectivity index (χ0) is 9.68. The summed E-state index contributed by atoms with van der Waals surface area (Å²) in [6, 6.07) is -0.145. The summed E-state index contributed by atoms with van der Waals surface area (Å²) >= 11 is 0. The molecule has 0 aromatic rings. The SMILES string of the molecule is C=CCNC(=O)C1COCCN1C. The predicted molar refractivity (Wildman–Crippen MR) is 50.4 cm³/mol. The first-order chi connectivity index (χ1) is 6.25. The molecule has 0 aromatic heterocycles. The summed E-state index contributed by atoms with van der Waals surface area (Å²) < 4.78 is 5.23. The van der Waals surface area contributed by atoms with Crippen molar-refractivity contribution in [3.63, 3.8) is 0 Å². The Morgan fingerprint density at radius 2 is 2.62 bits per heavy atom. The zero-order valence-electron chi connectivity index (χ0n) is 7.95. The second-order valence-electron chi connectivity index (χ2n) is 3.11. The number of carbonyl (C=O) groups excluding carboxylic acids is 1. The van der Waals surface area contributed by atoms with Crippen molar-refractivity contribution in [3.8, 4) is 0 Å². The Morgan fingerprint density at radius 1 is 1.85 bits per heavy atom. The quantitative estimate of drug-likeness (QED) is 0.608. The van der Waals surface area contributed by atoms with Crippen LogP contribution in [0.2, 0.25) is 0 Å². The number of hydrogen-bond acceptors (Lipinski definition) is 3. The van der Waals surface area contributed by atoms with Crippen LogP contribution in [0.5, 0.6) is 0 Å². The van der Waals surface area contributed by atoms with Gasteiger partial charge >= 0.3 is 0 Å². The third-order valence-corrected chi connectivity index (χ3v) is 2.12. The topological polar surface area (TPSA) is 41.6 Å². The van der Waals surface area contributed by atoms with E-state index in [1.807, 2.05) is 11.9 Å². The average molecular weight is 184 g/mol. The number of nitrogens with one attached hydrogen (secondary N) is 1. The van der Waals surface area contributed by atoms with Crippen molar-refractivity contribution >= 4 is 5.91 Å². The summed E-state index contributed by atoms with van der Waals surface area (Å²) in [5, 5.41) is 2.75. The van der Waals surface area contributed by atoms with Crippen molar-refractivity contribution < 1.29 is 9.53 Å². The Morgan fingerprint density at radius 3 is 3.23 bits per heavy atom. The van der Waals surface area contributed by atoms with Crippen LogP contribution >= 0.6 is 0 Å². The minimum Gasteiger partial charge on any atom is -0.378 e. The summed E-state index contributed by atoms with van der Waals surface area (Å²) in [6.07, 6.45) is 1.67. The molecule has 0 saturated carbocycles. The van der Waals surface area contributed by atoms with E-state index in [9.17, 15) is 4.79 Å². The van der Waals surface area contributed by atoms with Crippen LogP contribution in [0.15, 0.2) is 12.7 Å². The van der Waals surface area contributed by atoms with Crippen molar-refractivity contribution in [2.45, 2.75) is 6.04 Å². The van der Waals surface area contributed by atoms with Crippen LogP contribution in [0.3, 0.4) is 0 Å². The smallest absolute Gasteiger partial charge is 0.239 e. The van der Waals surface area contributed by atoms with Gasteiger partial charge in [-0.2, -0.15) is 0 Å². The Bertz CT molecular complexity index is 194. The van der Waals surface area contributed by atoms with Crippen molar-refractivity contribution in [1.82, 2.24) is 10.2 Å². The summed E-state index contributed by atoms with van der Waals surface area (Å²) in [7, 11) is 1.93. The number of likely N-dealkylation sites (N-methyl/N-ethyl adjacent to an activating group) is 1. The lowest BCUT2D eigenvalue weighted by Crippen LogP contribution is -2.51. The summed E-state index contributed by atoms with van der Waals surface area (Å²) in [6.45, 7) is 6.06. The number of morpholine rings is 1. The van der Waals surface area contributed by atoms with Gasteiger partial charge in [-0.15, -0.1) is 6.58 Å². The van der Waals surface area contributed by atoms with Gasteiger partial charge in [0.05, 0.1) is 13.2 Å². The Balaban J connectivity index is 2.39. The molecule has 4 heteroatoms. The third kappa shape index (κ3) is 2.82. The highest BCUT2D eigenvalue weighted by Crippen LogP contribution is 2.03. The first-order valence-corrected chi connectivity index (χ1v) is 4.42. The molecule has 1 unspecified atom stereocenters. The fourth-order valence-electron chi connectivity index (χ4n) is 1.25. The second kappa shape index (κ2) is 4.99. The third-order valence-electron chi connectivity index (χ3n) is 2.12. The van der Waals surface area contributed by atoms with Gasteiger partial charge in [-0.25, -0.2) is 0 Å². The van der Waals surface area contributed by atoms with E-state index >= 15 is 0 Å². The van der Waals surface area contributed by atoms with Crippen LogP contribution in [-0.4, -0.2) is 50.2 Å². The fraction of sp³-hybridized carbons (Fsp3) is 0.667. The van der Waals surface area contributed by atoms with Crippen LogP contribution in [-0.2, 0) is 9.53 Å². The van der Waals surface area contributed by atoms with Crippen LogP contribution in [0.4, 0.5) is 0 Å². The molecule has 1 atom stereocenters. The first-order valence-electron chi connectivity index (χ1n) is 4.42. The van der Waals surface area contributed by atoms with Crippen LogP contribution in [0.1, 0.15) is 0 Å². The lowest BCUT2D eigenvalue weighted by Gasteiger charge is -2.30. The molecular formula is C9H16N2O2. The Hall–Kier alpha value is -0.870. The number of hydrogen-bond donors (Lipinski definition) is 1. The van der Waals surface area contributed by atoms with E-state index in [1.165, 1.54) is 0 Å². The van der Waals surface area contributed by atoms with E-state index in [4.69, 9.17) is 4.74 Å². The molecular weight excluding hydrogens is 168 g/mol. The minimum atomic E-state index is -0.145. The maximum absolute atomic E-state index is 11.5. The molecule has 1 heterocycles. The first kappa shape index (κ1) is 10.2. The van der Waals surface area contributed by atoms with Gasteiger partial charge in [0.1, 0.15) is 6.04 Å². The number of carbonyl (C=O) groups is 1. The zero-order valence-corrected chi connectivity index (χ0v) is 7.95. The number of nitrogens with zero attached hydrogens (tertiary/aromatic N) is 1. The highest BCUT2D eigenvalue weighted by molar-refractivity contribution is 5.82. The van der Waals surface area contributed by atoms with Gasteiger partial charge in [0, 0.05) is 13.1 Å². The number of ether oxygens (including phenoxy) is 1. The molecule has 0 bridgehead atoms. The molecule has 74 valence electrons. The summed E-state index contributed by atoms with van der Waals surface area (Å²) in [5.41, 5.74) is 0. The van der Waals surface area contributed by atoms with Crippen molar-refractivity contribution in [3.05, 3.63) is 12.7 Å². The Labute approximate surface area is 78.5 Å². The minimum absolute atomic E-state index is 0.0158. The summed E-state index contributed by atoms with van der Waals surface area (Å²) in [5.74, 6) is 0.0158. The van der Waals surface area contributed by atoms with E-state index in [0.29, 0.717) is 19.8 Å². The van der Waals surface area contributed by atoms with Crippen molar-refractivity contribution in [2.75, 3.05) is 33.4 Å². The van der Waals surface area contributed by atoms with E-state index in [2.05, 4.69) is 11.9 Å². The largest absolute Gasteiger partial charge is 0.378 e. The standard InChI is InChI=1S/C9H16N2O2/c1-3-4-10-9(12)8-7-13-6-5-11(8)2/h3,8H,1,4-7H2,2H3,(H,10,12). The van der Waals surface area contributed by atoms with Gasteiger partial charge in [-0.1, -0.05) is 6.08 Å². The van der Waals surface area contributed by atoms with Gasteiger partial charge in [0.25, 0.3) is 0 Å². The van der Waals surface area contributed by atoms with E-state index < -0.39 is 0 Å². The van der Waals surface area contributed by atoms with Crippen molar-refractivity contribution in [2.24, 2.45) is 0 Å². The van der Waals surface area contributed by atoms with Gasteiger partial charge in [-0.05, 0) is 7.05 Å². The van der Waals surface area contributed by atoms with E-state index in [-0.39, 0.29) is 11.9 Å². The monoisotopic (exact) mass is 184 g/mol. The lowest BCUT2D eigenvalue weighted by molar-refractivity contribution is -0.131. The Kier molecular flexibility index (Phi) is 3.92. The molecule has 0 radical (unpaired) electrons. The van der Waals surface area contributed by atoms with Crippen molar-refractivity contribution in [1.29, 1.82) is 0 Å². The van der Waals surface area contributed by atoms with E-state index in [0.717, 1.165) is 6.54 Å². The van der Waals surface area contributed by atoms with Gasteiger partial charge in [-0.3, -0.25) is 9.69 Å². The molecule has 1 aliphatic rings. The number of rotatable bonds is 3. The molecule has 1 N–H and O–H groups in total. The molecule has 0 spiro atoms. The second-order valence-corrected chi connectivity index (χ2v) is 3.11. The van der Waals surface area contributed by atoms with Crippen LogP contribution < -0.4 is 5.32 Å². The molecule has 13 heavy (non-hydrogen) atoms. The molecule has 1 saturated heterocycles. The highest BCUT2D eigenvalue weighted by atomic mass is 16.5. The van der Waals surface area contributed by atoms with Crippen LogP contribution in [0.25, 0.3) is 0 Å². The molecule has 1 amide bonds.